The Morgan fingerprint density at radius 1 is 1.38 bits per heavy atom. The van der Waals surface area contributed by atoms with Gasteiger partial charge in [-0.2, -0.15) is 0 Å². The van der Waals surface area contributed by atoms with Gasteiger partial charge >= 0.3 is 0 Å². The molecule has 112 valence electrons. The van der Waals surface area contributed by atoms with Gasteiger partial charge in [0.1, 0.15) is 10.6 Å². The number of sulfonamides is 1. The first-order valence-corrected chi connectivity index (χ1v) is 8.24. The van der Waals surface area contributed by atoms with Gasteiger partial charge in [0.2, 0.25) is 10.0 Å². The number of hydrogen-bond acceptors (Lipinski definition) is 5. The third-order valence-electron chi connectivity index (χ3n) is 2.74. The summed E-state index contributed by atoms with van der Waals surface area (Å²) < 4.78 is 32.9. The first-order chi connectivity index (χ1) is 9.94. The minimum absolute atomic E-state index is 0.0124. The Morgan fingerprint density at radius 3 is 2.76 bits per heavy atom. The molecule has 2 rings (SSSR count). The normalized spacial score (nSPS) is 11.3. The third-order valence-corrected chi connectivity index (χ3v) is 4.85. The summed E-state index contributed by atoms with van der Waals surface area (Å²) in [6, 6.07) is 8.15. The third kappa shape index (κ3) is 3.72. The lowest BCUT2D eigenvalue weighted by atomic mass is 10.3. The number of pyridine rings is 1. The molecule has 0 unspecified atom stereocenters. The molecule has 0 aliphatic carbocycles. The van der Waals surface area contributed by atoms with Crippen molar-refractivity contribution in [2.75, 3.05) is 12.8 Å². The molecule has 0 bridgehead atoms. The minimum Gasteiger partial charge on any atom is -0.495 e. The van der Waals surface area contributed by atoms with Gasteiger partial charge in [0.05, 0.1) is 19.3 Å². The molecule has 1 heterocycles. The number of benzene rings is 1. The van der Waals surface area contributed by atoms with Crippen molar-refractivity contribution in [1.29, 1.82) is 0 Å². The van der Waals surface area contributed by atoms with Gasteiger partial charge in [0, 0.05) is 16.4 Å². The van der Waals surface area contributed by atoms with Crippen molar-refractivity contribution >= 4 is 31.6 Å². The Bertz CT molecular complexity index is 736. The lowest BCUT2D eigenvalue weighted by Gasteiger charge is -2.12. The molecule has 0 saturated carbocycles. The van der Waals surface area contributed by atoms with E-state index in [4.69, 9.17) is 10.5 Å². The highest BCUT2D eigenvalue weighted by molar-refractivity contribution is 9.10. The summed E-state index contributed by atoms with van der Waals surface area (Å²) in [6.07, 6.45) is 1.60. The topological polar surface area (TPSA) is 94.3 Å². The van der Waals surface area contributed by atoms with Gasteiger partial charge in [0.15, 0.2) is 0 Å². The molecule has 6 nitrogen and oxygen atoms in total. The Morgan fingerprint density at radius 2 is 2.14 bits per heavy atom. The first-order valence-electron chi connectivity index (χ1n) is 5.96. The van der Waals surface area contributed by atoms with Crippen molar-refractivity contribution < 1.29 is 13.2 Å². The van der Waals surface area contributed by atoms with Crippen LogP contribution in [0.3, 0.4) is 0 Å². The molecule has 0 spiro atoms. The van der Waals surface area contributed by atoms with Crippen molar-refractivity contribution in [2.45, 2.75) is 11.4 Å². The number of nitrogens with zero attached hydrogens (tertiary/aromatic N) is 1. The second kappa shape index (κ2) is 6.42. The zero-order valence-corrected chi connectivity index (χ0v) is 13.6. The molecule has 0 aliphatic rings. The summed E-state index contributed by atoms with van der Waals surface area (Å²) >= 11 is 3.23. The highest BCUT2D eigenvalue weighted by Crippen LogP contribution is 2.32. The van der Waals surface area contributed by atoms with Crippen LogP contribution in [-0.2, 0) is 16.6 Å². The molecule has 1 aromatic heterocycles. The Kier molecular flexibility index (Phi) is 4.81. The molecular formula is C13H14BrN3O3S. The predicted molar refractivity (Wildman–Crippen MR) is 83.4 cm³/mol. The summed E-state index contributed by atoms with van der Waals surface area (Å²) in [7, 11) is -2.36. The second-order valence-corrected chi connectivity index (χ2v) is 6.76. The van der Waals surface area contributed by atoms with Crippen LogP contribution in [0.1, 0.15) is 5.69 Å². The van der Waals surface area contributed by atoms with Gasteiger partial charge in [0.25, 0.3) is 0 Å². The van der Waals surface area contributed by atoms with E-state index in [0.29, 0.717) is 15.9 Å². The second-order valence-electron chi connectivity index (χ2n) is 4.17. The van der Waals surface area contributed by atoms with E-state index >= 15 is 0 Å². The molecule has 0 amide bonds. The fourth-order valence-corrected chi connectivity index (χ4v) is 3.17. The van der Waals surface area contributed by atoms with E-state index in [0.717, 1.165) is 0 Å². The van der Waals surface area contributed by atoms with Crippen molar-refractivity contribution in [3.63, 3.8) is 0 Å². The summed E-state index contributed by atoms with van der Waals surface area (Å²) in [5.74, 6) is 0.213. The van der Waals surface area contributed by atoms with E-state index in [9.17, 15) is 8.42 Å². The molecule has 21 heavy (non-hydrogen) atoms. The van der Waals surface area contributed by atoms with Crippen molar-refractivity contribution in [3.8, 4) is 5.75 Å². The SMILES string of the molecule is COc1cc(Br)c(N)cc1S(=O)(=O)NCc1ccccn1. The van der Waals surface area contributed by atoms with Crippen molar-refractivity contribution in [2.24, 2.45) is 0 Å². The Labute approximate surface area is 131 Å². The number of hydrogen-bond donors (Lipinski definition) is 2. The van der Waals surface area contributed by atoms with Crippen LogP contribution in [0.4, 0.5) is 5.69 Å². The van der Waals surface area contributed by atoms with E-state index < -0.39 is 10.0 Å². The number of halogens is 1. The number of ether oxygens (including phenoxy) is 1. The maximum absolute atomic E-state index is 12.4. The fraction of sp³-hybridized carbons (Fsp3) is 0.154. The van der Waals surface area contributed by atoms with Gasteiger partial charge in [-0.25, -0.2) is 13.1 Å². The summed E-state index contributed by atoms with van der Waals surface area (Å²) in [5.41, 5.74) is 6.67. The van der Waals surface area contributed by atoms with Crippen LogP contribution >= 0.6 is 15.9 Å². The lowest BCUT2D eigenvalue weighted by molar-refractivity contribution is 0.402. The van der Waals surface area contributed by atoms with Crippen molar-refractivity contribution in [3.05, 3.63) is 46.7 Å². The minimum atomic E-state index is -3.76. The van der Waals surface area contributed by atoms with Crippen molar-refractivity contribution in [1.82, 2.24) is 9.71 Å². The van der Waals surface area contributed by atoms with Crippen LogP contribution in [0.5, 0.6) is 5.75 Å². The average molecular weight is 372 g/mol. The molecule has 3 N–H and O–H groups in total. The van der Waals surface area contributed by atoms with E-state index in [1.807, 2.05) is 0 Å². The Balaban J connectivity index is 2.29. The number of nitrogens with two attached hydrogens (primary N) is 1. The zero-order chi connectivity index (χ0) is 15.5. The van der Waals surface area contributed by atoms with Crippen LogP contribution in [0.25, 0.3) is 0 Å². The molecule has 0 fully saturated rings. The van der Waals surface area contributed by atoms with Gasteiger partial charge < -0.3 is 10.5 Å². The number of nitrogens with one attached hydrogen (secondary N) is 1. The summed E-state index contributed by atoms with van der Waals surface area (Å²) in [6.45, 7) is 0.0856. The quantitative estimate of drug-likeness (QED) is 0.782. The highest BCUT2D eigenvalue weighted by atomic mass is 79.9. The molecule has 8 heteroatoms. The molecule has 0 saturated heterocycles. The molecular weight excluding hydrogens is 358 g/mol. The smallest absolute Gasteiger partial charge is 0.244 e. The van der Waals surface area contributed by atoms with Gasteiger partial charge in [-0.1, -0.05) is 6.07 Å². The fourth-order valence-electron chi connectivity index (χ4n) is 1.67. The monoisotopic (exact) mass is 371 g/mol. The number of rotatable bonds is 5. The van der Waals surface area contributed by atoms with E-state index in [1.54, 1.807) is 24.4 Å². The Hall–Kier alpha value is -1.64. The lowest BCUT2D eigenvalue weighted by Crippen LogP contribution is -2.24. The average Bonchev–Trinajstić information content (AvgIpc) is 2.48. The molecule has 0 radical (unpaired) electrons. The largest absolute Gasteiger partial charge is 0.495 e. The van der Waals surface area contributed by atoms with Gasteiger partial charge in [-0.05, 0) is 40.2 Å². The molecule has 1 aromatic carbocycles. The van der Waals surface area contributed by atoms with E-state index in [-0.39, 0.29) is 17.2 Å². The predicted octanol–water partition coefficient (Wildman–Crippen LogP) is 1.91. The number of anilines is 1. The maximum Gasteiger partial charge on any atom is 0.244 e. The van der Waals surface area contributed by atoms with E-state index in [1.165, 1.54) is 19.2 Å². The maximum atomic E-state index is 12.4. The molecule has 0 aliphatic heterocycles. The number of aromatic nitrogens is 1. The van der Waals surface area contributed by atoms with E-state index in [2.05, 4.69) is 25.6 Å². The first kappa shape index (κ1) is 15.7. The van der Waals surface area contributed by atoms with Crippen LogP contribution in [0.15, 0.2) is 45.9 Å². The molecule has 0 atom stereocenters. The van der Waals surface area contributed by atoms with Crippen LogP contribution in [0, 0.1) is 0 Å². The summed E-state index contributed by atoms with van der Waals surface area (Å²) in [5, 5.41) is 0. The number of methoxy groups -OCH3 is 1. The molecule has 2 aromatic rings. The number of nitrogen functional groups attached to an aromatic ring is 1. The van der Waals surface area contributed by atoms with Crippen LogP contribution < -0.4 is 15.2 Å². The van der Waals surface area contributed by atoms with Crippen LogP contribution in [0.2, 0.25) is 0 Å². The van der Waals surface area contributed by atoms with Crippen LogP contribution in [-0.4, -0.2) is 20.5 Å². The summed E-state index contributed by atoms with van der Waals surface area (Å²) in [4.78, 5) is 4.05. The standard InChI is InChI=1S/C13H14BrN3O3S/c1-20-12-6-10(14)11(15)7-13(12)21(18,19)17-8-9-4-2-3-5-16-9/h2-7,17H,8,15H2,1H3. The highest BCUT2D eigenvalue weighted by Gasteiger charge is 2.21. The van der Waals surface area contributed by atoms with Gasteiger partial charge in [-0.15, -0.1) is 0 Å². The van der Waals surface area contributed by atoms with Gasteiger partial charge in [-0.3, -0.25) is 4.98 Å². The zero-order valence-electron chi connectivity index (χ0n) is 11.2.